The maximum Gasteiger partial charge on any atom is 0.269 e. The highest BCUT2D eigenvalue weighted by molar-refractivity contribution is 7.90. The van der Waals surface area contributed by atoms with Gasteiger partial charge in [0.1, 0.15) is 11.6 Å². The fourth-order valence-corrected chi connectivity index (χ4v) is 5.30. The molecule has 0 unspecified atom stereocenters. The summed E-state index contributed by atoms with van der Waals surface area (Å²) in [6, 6.07) is 23.9. The predicted molar refractivity (Wildman–Crippen MR) is 131 cm³/mol. The van der Waals surface area contributed by atoms with Crippen molar-refractivity contribution < 1.29 is 12.8 Å². The Morgan fingerprint density at radius 3 is 2.24 bits per heavy atom. The Bertz CT molecular complexity index is 1610. The molecule has 5 aromatic rings. The predicted octanol–water partition coefficient (Wildman–Crippen LogP) is 5.83. The molecule has 6 nitrogen and oxygen atoms in total. The number of nitrogens with one attached hydrogen (secondary N) is 1. The van der Waals surface area contributed by atoms with Crippen LogP contribution in [0.3, 0.4) is 0 Å². The van der Waals surface area contributed by atoms with Gasteiger partial charge >= 0.3 is 0 Å². The minimum absolute atomic E-state index is 0.0856. The summed E-state index contributed by atoms with van der Waals surface area (Å²) in [5.74, 6) is -0.0263. The summed E-state index contributed by atoms with van der Waals surface area (Å²) in [5.41, 5.74) is 2.52. The molecule has 2 heterocycles. The van der Waals surface area contributed by atoms with Crippen molar-refractivity contribution in [2.24, 2.45) is 0 Å². The molecule has 8 heteroatoms. The molecule has 0 bridgehead atoms. The summed E-state index contributed by atoms with van der Waals surface area (Å²) in [6.45, 7) is 3.59. The Balaban J connectivity index is 1.79. The lowest BCUT2D eigenvalue weighted by Crippen LogP contribution is -2.15. The van der Waals surface area contributed by atoms with Gasteiger partial charge in [0.05, 0.1) is 15.8 Å². The van der Waals surface area contributed by atoms with Gasteiger partial charge in [-0.25, -0.2) is 26.7 Å². The van der Waals surface area contributed by atoms with E-state index in [0.29, 0.717) is 16.9 Å². The fraction of sp³-hybridized carbons (Fsp3) is 0.0769. The van der Waals surface area contributed by atoms with Crippen LogP contribution in [0.15, 0.2) is 89.8 Å². The minimum atomic E-state index is -3.96. The molecule has 0 aliphatic carbocycles. The van der Waals surface area contributed by atoms with Gasteiger partial charge in [-0.2, -0.15) is 0 Å². The van der Waals surface area contributed by atoms with E-state index in [0.717, 1.165) is 11.3 Å². The van der Waals surface area contributed by atoms with Gasteiger partial charge in [-0.3, -0.25) is 0 Å². The van der Waals surface area contributed by atoms with E-state index < -0.39 is 15.8 Å². The summed E-state index contributed by atoms with van der Waals surface area (Å²) in [6.07, 6.45) is 0. The Kier molecular flexibility index (Phi) is 5.37. The van der Waals surface area contributed by atoms with Crippen molar-refractivity contribution in [3.05, 3.63) is 102 Å². The third kappa shape index (κ3) is 3.82. The molecule has 0 radical (unpaired) electrons. The van der Waals surface area contributed by atoms with E-state index in [1.807, 2.05) is 37.3 Å². The third-order valence-electron chi connectivity index (χ3n) is 5.50. The number of fused-ring (bicyclic) bond motifs is 1. The van der Waals surface area contributed by atoms with Gasteiger partial charge in [0.15, 0.2) is 11.5 Å². The normalized spacial score (nSPS) is 11.6. The molecule has 34 heavy (non-hydrogen) atoms. The van der Waals surface area contributed by atoms with Crippen LogP contribution in [-0.4, -0.2) is 22.4 Å². The zero-order valence-electron chi connectivity index (χ0n) is 18.5. The van der Waals surface area contributed by atoms with Crippen LogP contribution in [0, 0.1) is 19.7 Å². The van der Waals surface area contributed by atoms with E-state index in [1.54, 1.807) is 55.5 Å². The van der Waals surface area contributed by atoms with Gasteiger partial charge in [0.25, 0.3) is 10.0 Å². The summed E-state index contributed by atoms with van der Waals surface area (Å²) in [7, 11) is -3.96. The Labute approximate surface area is 196 Å². The van der Waals surface area contributed by atoms with E-state index in [4.69, 9.17) is 0 Å². The largest absolute Gasteiger partial charge is 0.340 e. The molecule has 0 saturated heterocycles. The van der Waals surface area contributed by atoms with Crippen molar-refractivity contribution in [2.45, 2.75) is 18.7 Å². The SMILES string of the molecule is Cc1ccc(S(=O)(=O)n2c(C)cc3c(Nc4ccccc4)nc(-c4ccccc4F)nc32)cc1. The Morgan fingerprint density at radius 2 is 1.53 bits per heavy atom. The van der Waals surface area contributed by atoms with E-state index in [-0.39, 0.29) is 21.9 Å². The Hall–Kier alpha value is -4.04. The van der Waals surface area contributed by atoms with Crippen LogP contribution in [0.5, 0.6) is 0 Å². The van der Waals surface area contributed by atoms with Crippen LogP contribution in [-0.2, 0) is 10.0 Å². The van der Waals surface area contributed by atoms with E-state index in [1.165, 1.54) is 10.0 Å². The second-order valence-corrected chi connectivity index (χ2v) is 9.76. The lowest BCUT2D eigenvalue weighted by molar-refractivity contribution is 0.587. The number of halogens is 1. The first-order valence-electron chi connectivity index (χ1n) is 10.6. The van der Waals surface area contributed by atoms with Crippen LogP contribution in [0.1, 0.15) is 11.3 Å². The number of nitrogens with zero attached hydrogens (tertiary/aromatic N) is 3. The van der Waals surface area contributed by atoms with Gasteiger partial charge in [0, 0.05) is 11.4 Å². The summed E-state index contributed by atoms with van der Waals surface area (Å²) < 4.78 is 43.1. The van der Waals surface area contributed by atoms with Gasteiger partial charge in [-0.05, 0) is 56.3 Å². The molecule has 0 saturated carbocycles. The van der Waals surface area contributed by atoms with Gasteiger partial charge in [-0.15, -0.1) is 0 Å². The highest BCUT2D eigenvalue weighted by Gasteiger charge is 2.25. The molecule has 170 valence electrons. The highest BCUT2D eigenvalue weighted by atomic mass is 32.2. The Morgan fingerprint density at radius 1 is 0.853 bits per heavy atom. The second kappa shape index (κ2) is 8.39. The van der Waals surface area contributed by atoms with Crippen molar-refractivity contribution in [3.63, 3.8) is 0 Å². The van der Waals surface area contributed by atoms with Gasteiger partial charge in [0.2, 0.25) is 0 Å². The first-order valence-corrected chi connectivity index (χ1v) is 12.1. The molecule has 0 atom stereocenters. The standard InChI is InChI=1S/C26H21FN4O2S/c1-17-12-14-20(15-13-17)34(32,33)31-18(2)16-22-25(28-19-8-4-3-5-9-19)29-24(30-26(22)31)21-10-6-7-11-23(21)27/h3-16H,1-2H3,(H,28,29,30). The number of para-hydroxylation sites is 1. The smallest absolute Gasteiger partial charge is 0.269 e. The summed E-state index contributed by atoms with van der Waals surface area (Å²) in [4.78, 5) is 9.25. The number of aromatic nitrogens is 3. The molecule has 2 aromatic heterocycles. The zero-order chi connectivity index (χ0) is 23.9. The average Bonchev–Trinajstić information content (AvgIpc) is 3.17. The maximum atomic E-state index is 14.7. The molecule has 1 N–H and O–H groups in total. The molecule has 0 spiro atoms. The van der Waals surface area contributed by atoms with E-state index in [2.05, 4.69) is 15.3 Å². The molecule has 3 aromatic carbocycles. The summed E-state index contributed by atoms with van der Waals surface area (Å²) >= 11 is 0. The highest BCUT2D eigenvalue weighted by Crippen LogP contribution is 2.32. The fourth-order valence-electron chi connectivity index (χ4n) is 3.82. The number of benzene rings is 3. The minimum Gasteiger partial charge on any atom is -0.340 e. The monoisotopic (exact) mass is 472 g/mol. The number of hydrogen-bond acceptors (Lipinski definition) is 5. The molecule has 0 aliphatic heterocycles. The first kappa shape index (κ1) is 21.8. The van der Waals surface area contributed by atoms with Crippen LogP contribution < -0.4 is 5.32 Å². The molecule has 0 aliphatic rings. The van der Waals surface area contributed by atoms with Crippen LogP contribution in [0.4, 0.5) is 15.9 Å². The summed E-state index contributed by atoms with van der Waals surface area (Å²) in [5, 5.41) is 3.75. The van der Waals surface area contributed by atoms with Crippen molar-refractivity contribution in [3.8, 4) is 11.4 Å². The van der Waals surface area contributed by atoms with Gasteiger partial charge in [-0.1, -0.05) is 48.0 Å². The lowest BCUT2D eigenvalue weighted by atomic mass is 10.2. The molecule has 0 amide bonds. The van der Waals surface area contributed by atoms with Crippen molar-refractivity contribution in [1.82, 2.24) is 13.9 Å². The third-order valence-corrected chi connectivity index (χ3v) is 7.31. The van der Waals surface area contributed by atoms with Crippen molar-refractivity contribution in [2.75, 3.05) is 5.32 Å². The lowest BCUT2D eigenvalue weighted by Gasteiger charge is -2.12. The topological polar surface area (TPSA) is 76.9 Å². The molecule has 0 fully saturated rings. The van der Waals surface area contributed by atoms with Gasteiger partial charge < -0.3 is 5.32 Å². The molecule has 5 rings (SSSR count). The van der Waals surface area contributed by atoms with E-state index in [9.17, 15) is 12.8 Å². The molecular weight excluding hydrogens is 451 g/mol. The first-order chi connectivity index (χ1) is 16.3. The number of rotatable bonds is 5. The maximum absolute atomic E-state index is 14.7. The second-order valence-electron chi connectivity index (χ2n) is 7.97. The molecular formula is C26H21FN4O2S. The van der Waals surface area contributed by atoms with Crippen LogP contribution in [0.2, 0.25) is 0 Å². The average molecular weight is 473 g/mol. The van der Waals surface area contributed by atoms with Crippen LogP contribution in [0.25, 0.3) is 22.4 Å². The number of anilines is 2. The number of hydrogen-bond donors (Lipinski definition) is 1. The van der Waals surface area contributed by atoms with Crippen molar-refractivity contribution >= 4 is 32.6 Å². The van der Waals surface area contributed by atoms with E-state index >= 15 is 0 Å². The van der Waals surface area contributed by atoms with Crippen molar-refractivity contribution in [1.29, 1.82) is 0 Å². The number of aryl methyl sites for hydroxylation is 2. The van der Waals surface area contributed by atoms with Crippen LogP contribution >= 0.6 is 0 Å². The quantitative estimate of drug-likeness (QED) is 0.348. The zero-order valence-corrected chi connectivity index (χ0v) is 19.3.